The van der Waals surface area contributed by atoms with Gasteiger partial charge in [0.05, 0.1) is 11.4 Å². The van der Waals surface area contributed by atoms with E-state index in [2.05, 4.69) is 25.2 Å². The van der Waals surface area contributed by atoms with Gasteiger partial charge in [0, 0.05) is 44.7 Å². The molecule has 0 radical (unpaired) electrons. The Morgan fingerprint density at radius 2 is 1.97 bits per heavy atom. The van der Waals surface area contributed by atoms with Crippen molar-refractivity contribution < 1.29 is 9.32 Å². The second-order valence-electron chi connectivity index (χ2n) is 8.27. The van der Waals surface area contributed by atoms with E-state index in [0.717, 1.165) is 29.4 Å². The van der Waals surface area contributed by atoms with Crippen LogP contribution >= 0.6 is 23.6 Å². The molecule has 1 fully saturated rings. The summed E-state index contributed by atoms with van der Waals surface area (Å²) in [6.45, 7) is 6.00. The predicted molar refractivity (Wildman–Crippen MR) is 132 cm³/mol. The summed E-state index contributed by atoms with van der Waals surface area (Å²) in [6, 6.07) is 12.1. The summed E-state index contributed by atoms with van der Waals surface area (Å²) in [4.78, 5) is 22.5. The lowest BCUT2D eigenvalue weighted by molar-refractivity contribution is -0.133. The van der Waals surface area contributed by atoms with Crippen LogP contribution in [0.5, 0.6) is 0 Å². The second kappa shape index (κ2) is 10.00. The molecule has 5 rings (SSSR count). The number of rotatable bonds is 7. The van der Waals surface area contributed by atoms with Crippen LogP contribution in [0.1, 0.15) is 17.9 Å². The zero-order valence-electron chi connectivity index (χ0n) is 18.8. The Morgan fingerprint density at radius 1 is 1.18 bits per heavy atom. The van der Waals surface area contributed by atoms with Crippen LogP contribution in [0.4, 0.5) is 0 Å². The highest BCUT2D eigenvalue weighted by molar-refractivity contribution is 7.71. The van der Waals surface area contributed by atoms with E-state index in [1.165, 1.54) is 5.56 Å². The van der Waals surface area contributed by atoms with Crippen LogP contribution in [0.25, 0.3) is 22.1 Å². The first-order valence-electron chi connectivity index (χ1n) is 11.2. The van der Waals surface area contributed by atoms with Crippen molar-refractivity contribution in [3.05, 3.63) is 58.0 Å². The van der Waals surface area contributed by atoms with E-state index in [0.29, 0.717) is 49.1 Å². The number of nitrogens with one attached hydrogen (secondary N) is 1. The predicted octanol–water partition coefficient (Wildman–Crippen LogP) is 3.76. The van der Waals surface area contributed by atoms with Crippen molar-refractivity contribution >= 4 is 29.5 Å². The SMILES string of the molecule is Cc1ccc(-c2n[nH]c(=S)n2CCC(=O)N2CCN(Cc3nc(-c4cccs4)no3)CC2)cc1. The molecule has 1 N–H and O–H groups in total. The van der Waals surface area contributed by atoms with Crippen LogP contribution < -0.4 is 0 Å². The molecule has 0 bridgehead atoms. The highest BCUT2D eigenvalue weighted by Gasteiger charge is 2.23. The first-order valence-corrected chi connectivity index (χ1v) is 12.4. The molecule has 1 amide bonds. The lowest BCUT2D eigenvalue weighted by Gasteiger charge is -2.34. The number of benzene rings is 1. The summed E-state index contributed by atoms with van der Waals surface area (Å²) in [7, 11) is 0. The number of aryl methyl sites for hydroxylation is 1. The minimum Gasteiger partial charge on any atom is -0.340 e. The number of thiophene rings is 1. The van der Waals surface area contributed by atoms with Gasteiger partial charge in [0.2, 0.25) is 17.6 Å². The van der Waals surface area contributed by atoms with Crippen molar-refractivity contribution in [2.75, 3.05) is 26.2 Å². The van der Waals surface area contributed by atoms with Crippen LogP contribution in [0, 0.1) is 11.7 Å². The number of H-pyrrole nitrogens is 1. The molecule has 1 aliphatic rings. The van der Waals surface area contributed by atoms with Gasteiger partial charge < -0.3 is 9.42 Å². The average Bonchev–Trinajstić information content (AvgIpc) is 3.60. The van der Waals surface area contributed by atoms with E-state index >= 15 is 0 Å². The van der Waals surface area contributed by atoms with Crippen molar-refractivity contribution in [3.8, 4) is 22.1 Å². The van der Waals surface area contributed by atoms with Crippen molar-refractivity contribution in [1.29, 1.82) is 0 Å². The summed E-state index contributed by atoms with van der Waals surface area (Å²) in [5, 5.41) is 13.3. The number of hydrogen-bond acceptors (Lipinski definition) is 8. The fourth-order valence-electron chi connectivity index (χ4n) is 3.99. The maximum atomic E-state index is 12.9. The minimum atomic E-state index is 0.121. The molecule has 9 nitrogen and oxygen atoms in total. The number of carbonyl (C=O) groups is 1. The van der Waals surface area contributed by atoms with Gasteiger partial charge in [-0.1, -0.05) is 41.1 Å². The quantitative estimate of drug-likeness (QED) is 0.390. The van der Waals surface area contributed by atoms with Crippen LogP contribution in [0.3, 0.4) is 0 Å². The number of nitrogens with zero attached hydrogens (tertiary/aromatic N) is 6. The Bertz CT molecular complexity index is 1300. The largest absolute Gasteiger partial charge is 0.340 e. The molecular formula is C23H25N7O2S2. The topological polar surface area (TPSA) is 96.1 Å². The van der Waals surface area contributed by atoms with Gasteiger partial charge in [0.1, 0.15) is 0 Å². The fourth-order valence-corrected chi connectivity index (χ4v) is 4.86. The van der Waals surface area contributed by atoms with Gasteiger partial charge in [-0.15, -0.1) is 11.3 Å². The molecule has 3 aromatic heterocycles. The smallest absolute Gasteiger partial charge is 0.241 e. The molecule has 1 aromatic carbocycles. The minimum absolute atomic E-state index is 0.121. The van der Waals surface area contributed by atoms with Gasteiger partial charge in [-0.3, -0.25) is 19.4 Å². The van der Waals surface area contributed by atoms with Crippen molar-refractivity contribution in [2.24, 2.45) is 0 Å². The summed E-state index contributed by atoms with van der Waals surface area (Å²) in [6.07, 6.45) is 0.376. The Balaban J connectivity index is 1.13. The van der Waals surface area contributed by atoms with E-state index in [9.17, 15) is 4.79 Å². The summed E-state index contributed by atoms with van der Waals surface area (Å²) < 4.78 is 7.83. The number of carbonyl (C=O) groups excluding carboxylic acids is 1. The Kier molecular flexibility index (Phi) is 6.66. The summed E-state index contributed by atoms with van der Waals surface area (Å²) in [5.41, 5.74) is 2.16. The molecular weight excluding hydrogens is 470 g/mol. The Labute approximate surface area is 206 Å². The van der Waals surface area contributed by atoms with Gasteiger partial charge in [0.15, 0.2) is 10.6 Å². The average molecular weight is 496 g/mol. The van der Waals surface area contributed by atoms with E-state index in [4.69, 9.17) is 16.7 Å². The van der Waals surface area contributed by atoms with Crippen molar-refractivity contribution in [3.63, 3.8) is 0 Å². The highest BCUT2D eigenvalue weighted by atomic mass is 32.1. The van der Waals surface area contributed by atoms with Crippen LogP contribution in [0.15, 0.2) is 46.3 Å². The van der Waals surface area contributed by atoms with E-state index < -0.39 is 0 Å². The molecule has 4 aromatic rings. The zero-order chi connectivity index (χ0) is 23.5. The van der Waals surface area contributed by atoms with Gasteiger partial charge in [0.25, 0.3) is 0 Å². The maximum Gasteiger partial charge on any atom is 0.241 e. The number of piperazine rings is 1. The normalized spacial score (nSPS) is 14.6. The molecule has 11 heteroatoms. The van der Waals surface area contributed by atoms with Crippen LogP contribution in [-0.4, -0.2) is 66.8 Å². The lowest BCUT2D eigenvalue weighted by Crippen LogP contribution is -2.48. The molecule has 0 saturated carbocycles. The molecule has 4 heterocycles. The van der Waals surface area contributed by atoms with Gasteiger partial charge in [-0.25, -0.2) is 0 Å². The van der Waals surface area contributed by atoms with E-state index in [1.807, 2.05) is 58.2 Å². The fraction of sp³-hybridized carbons (Fsp3) is 0.348. The number of aromatic nitrogens is 5. The third kappa shape index (κ3) is 5.01. The second-order valence-corrected chi connectivity index (χ2v) is 9.60. The molecule has 0 aliphatic carbocycles. The highest BCUT2D eigenvalue weighted by Crippen LogP contribution is 2.22. The molecule has 1 saturated heterocycles. The van der Waals surface area contributed by atoms with Crippen LogP contribution in [-0.2, 0) is 17.9 Å². The molecule has 176 valence electrons. The third-order valence-corrected chi connectivity index (χ3v) is 7.09. The number of amides is 1. The van der Waals surface area contributed by atoms with E-state index in [-0.39, 0.29) is 5.91 Å². The van der Waals surface area contributed by atoms with Crippen molar-refractivity contribution in [1.82, 2.24) is 34.7 Å². The van der Waals surface area contributed by atoms with Crippen molar-refractivity contribution in [2.45, 2.75) is 26.4 Å². The summed E-state index contributed by atoms with van der Waals surface area (Å²) >= 11 is 6.99. The lowest BCUT2D eigenvalue weighted by atomic mass is 10.1. The third-order valence-electron chi connectivity index (χ3n) is 5.91. The standard InChI is InChI=1S/C23H25N7O2S2/c1-16-4-6-17(7-5-16)22-25-26-23(33)30(22)9-8-20(31)29-12-10-28(11-13-29)15-19-24-21(27-32-19)18-3-2-14-34-18/h2-7,14H,8-13,15H2,1H3,(H,26,33). The monoisotopic (exact) mass is 495 g/mol. The first-order chi connectivity index (χ1) is 16.6. The van der Waals surface area contributed by atoms with E-state index in [1.54, 1.807) is 11.3 Å². The summed E-state index contributed by atoms with van der Waals surface area (Å²) in [5.74, 6) is 2.10. The first kappa shape index (κ1) is 22.6. The number of hydrogen-bond donors (Lipinski definition) is 1. The Hall–Kier alpha value is -3.15. The van der Waals surface area contributed by atoms with Gasteiger partial charge in [-0.2, -0.15) is 10.1 Å². The Morgan fingerprint density at radius 3 is 2.71 bits per heavy atom. The number of aromatic amines is 1. The molecule has 0 unspecified atom stereocenters. The zero-order valence-corrected chi connectivity index (χ0v) is 20.4. The van der Waals surface area contributed by atoms with Crippen LogP contribution in [0.2, 0.25) is 0 Å². The molecule has 34 heavy (non-hydrogen) atoms. The maximum absolute atomic E-state index is 12.9. The van der Waals surface area contributed by atoms with Gasteiger partial charge in [-0.05, 0) is 30.6 Å². The molecule has 0 spiro atoms. The van der Waals surface area contributed by atoms with Gasteiger partial charge >= 0.3 is 0 Å². The molecule has 1 aliphatic heterocycles. The molecule has 0 atom stereocenters.